The highest BCUT2D eigenvalue weighted by molar-refractivity contribution is 5.77. The van der Waals surface area contributed by atoms with Gasteiger partial charge in [0.1, 0.15) is 6.61 Å². The first kappa shape index (κ1) is 18.0. The second-order valence-corrected chi connectivity index (χ2v) is 8.84. The van der Waals surface area contributed by atoms with Crippen LogP contribution in [0.3, 0.4) is 0 Å². The standard InChI is InChI=1S/C19H31N3O4/c23-12-17(24)22-6-1-2-16(22)14-3-7-20(8-4-14)15-10-19(11-15)5-9-21(13-19)18(25)26/h14-16,23H,1-13H2,(H,25,26). The average molecular weight is 365 g/mol. The Balaban J connectivity index is 1.25. The number of aliphatic hydroxyl groups is 1. The normalized spacial score (nSPS) is 35.9. The number of carbonyl (C=O) groups is 2. The highest BCUT2D eigenvalue weighted by Crippen LogP contribution is 2.50. The highest BCUT2D eigenvalue weighted by atomic mass is 16.4. The van der Waals surface area contributed by atoms with Crippen LogP contribution in [0.2, 0.25) is 0 Å². The van der Waals surface area contributed by atoms with Gasteiger partial charge in [0, 0.05) is 31.7 Å². The van der Waals surface area contributed by atoms with Crippen LogP contribution in [0.25, 0.3) is 0 Å². The van der Waals surface area contributed by atoms with E-state index in [1.54, 1.807) is 4.90 Å². The summed E-state index contributed by atoms with van der Waals surface area (Å²) in [5.74, 6) is 0.451. The smallest absolute Gasteiger partial charge is 0.407 e. The Bertz CT molecular complexity index is 555. The van der Waals surface area contributed by atoms with Crippen molar-refractivity contribution in [1.82, 2.24) is 14.7 Å². The van der Waals surface area contributed by atoms with Crippen LogP contribution in [0, 0.1) is 11.3 Å². The van der Waals surface area contributed by atoms with Gasteiger partial charge < -0.3 is 24.9 Å². The minimum Gasteiger partial charge on any atom is -0.465 e. The Morgan fingerprint density at radius 1 is 1.04 bits per heavy atom. The maximum atomic E-state index is 11.9. The number of carbonyl (C=O) groups excluding carboxylic acids is 1. The molecule has 146 valence electrons. The van der Waals surface area contributed by atoms with E-state index in [4.69, 9.17) is 5.11 Å². The summed E-state index contributed by atoms with van der Waals surface area (Å²) in [6.07, 6.45) is 6.92. The third kappa shape index (κ3) is 3.20. The average Bonchev–Trinajstić information content (AvgIpc) is 3.27. The third-order valence-electron chi connectivity index (χ3n) is 7.44. The molecule has 1 spiro atoms. The minimum absolute atomic E-state index is 0.111. The van der Waals surface area contributed by atoms with Crippen LogP contribution in [-0.2, 0) is 4.79 Å². The molecule has 0 bridgehead atoms. The molecule has 3 aliphatic heterocycles. The molecule has 0 aromatic heterocycles. The minimum atomic E-state index is -0.773. The maximum absolute atomic E-state index is 11.9. The Kier molecular flexibility index (Phi) is 4.86. The van der Waals surface area contributed by atoms with Crippen molar-refractivity contribution in [3.63, 3.8) is 0 Å². The van der Waals surface area contributed by atoms with Crippen LogP contribution in [0.15, 0.2) is 0 Å². The largest absolute Gasteiger partial charge is 0.465 e. The molecule has 0 aromatic rings. The fourth-order valence-corrected chi connectivity index (χ4v) is 5.98. The highest BCUT2D eigenvalue weighted by Gasteiger charge is 2.51. The van der Waals surface area contributed by atoms with Crippen LogP contribution in [0.1, 0.15) is 44.9 Å². The van der Waals surface area contributed by atoms with Crippen LogP contribution in [0.4, 0.5) is 4.79 Å². The summed E-state index contributed by atoms with van der Waals surface area (Å²) in [5, 5.41) is 18.3. The van der Waals surface area contributed by atoms with E-state index in [2.05, 4.69) is 4.90 Å². The van der Waals surface area contributed by atoms with Crippen molar-refractivity contribution in [2.75, 3.05) is 39.3 Å². The second-order valence-electron chi connectivity index (χ2n) is 8.84. The number of rotatable bonds is 3. The van der Waals surface area contributed by atoms with E-state index in [-0.39, 0.29) is 17.9 Å². The SMILES string of the molecule is O=C(O)N1CCC2(CC(N3CCC(C4CCCN4C(=O)CO)CC3)C2)C1. The van der Waals surface area contributed by atoms with Crippen LogP contribution < -0.4 is 0 Å². The molecular weight excluding hydrogens is 334 g/mol. The van der Waals surface area contributed by atoms with Crippen molar-refractivity contribution in [3.05, 3.63) is 0 Å². The lowest BCUT2D eigenvalue weighted by molar-refractivity contribution is -0.136. The van der Waals surface area contributed by atoms with E-state index in [1.165, 1.54) is 0 Å². The van der Waals surface area contributed by atoms with Gasteiger partial charge in [-0.05, 0) is 69.4 Å². The number of amides is 2. The summed E-state index contributed by atoms with van der Waals surface area (Å²) in [6.45, 7) is 4.02. The molecule has 3 saturated heterocycles. The van der Waals surface area contributed by atoms with Crippen molar-refractivity contribution in [2.24, 2.45) is 11.3 Å². The zero-order valence-electron chi connectivity index (χ0n) is 15.5. The van der Waals surface area contributed by atoms with Gasteiger partial charge in [0.05, 0.1) is 0 Å². The zero-order valence-corrected chi connectivity index (χ0v) is 15.5. The van der Waals surface area contributed by atoms with E-state index in [1.807, 2.05) is 4.90 Å². The van der Waals surface area contributed by atoms with Gasteiger partial charge in [-0.2, -0.15) is 0 Å². The fraction of sp³-hybridized carbons (Fsp3) is 0.895. The van der Waals surface area contributed by atoms with Crippen LogP contribution >= 0.6 is 0 Å². The Morgan fingerprint density at radius 3 is 2.38 bits per heavy atom. The molecule has 1 saturated carbocycles. The lowest BCUT2D eigenvalue weighted by Gasteiger charge is -2.52. The van der Waals surface area contributed by atoms with Crippen molar-refractivity contribution in [1.29, 1.82) is 0 Å². The van der Waals surface area contributed by atoms with E-state index in [9.17, 15) is 14.7 Å². The van der Waals surface area contributed by atoms with Crippen molar-refractivity contribution < 1.29 is 19.8 Å². The molecule has 3 heterocycles. The molecule has 4 fully saturated rings. The van der Waals surface area contributed by atoms with E-state index < -0.39 is 6.09 Å². The topological polar surface area (TPSA) is 84.3 Å². The lowest BCUT2D eigenvalue weighted by atomic mass is 9.64. The van der Waals surface area contributed by atoms with Crippen LogP contribution in [0.5, 0.6) is 0 Å². The van der Waals surface area contributed by atoms with Gasteiger partial charge in [0.25, 0.3) is 0 Å². The van der Waals surface area contributed by atoms with Gasteiger partial charge in [-0.25, -0.2) is 4.79 Å². The summed E-state index contributed by atoms with van der Waals surface area (Å²) in [6, 6.07) is 0.937. The number of hydrogen-bond donors (Lipinski definition) is 2. The number of nitrogens with zero attached hydrogens (tertiary/aromatic N) is 3. The summed E-state index contributed by atoms with van der Waals surface area (Å²) >= 11 is 0. The number of aliphatic hydroxyl groups excluding tert-OH is 1. The van der Waals surface area contributed by atoms with Crippen LogP contribution in [-0.4, -0.2) is 88.3 Å². The molecule has 0 radical (unpaired) electrons. The second kappa shape index (κ2) is 7.00. The van der Waals surface area contributed by atoms with Gasteiger partial charge in [-0.1, -0.05) is 0 Å². The molecule has 1 aliphatic carbocycles. The summed E-state index contributed by atoms with van der Waals surface area (Å²) in [4.78, 5) is 29.2. The quantitative estimate of drug-likeness (QED) is 0.785. The van der Waals surface area contributed by atoms with E-state index in [0.29, 0.717) is 24.5 Å². The molecule has 7 heteroatoms. The number of hydrogen-bond acceptors (Lipinski definition) is 4. The van der Waals surface area contributed by atoms with E-state index >= 15 is 0 Å². The first-order chi connectivity index (χ1) is 12.5. The predicted molar refractivity (Wildman–Crippen MR) is 95.8 cm³/mol. The number of piperidine rings is 1. The monoisotopic (exact) mass is 365 g/mol. The van der Waals surface area contributed by atoms with Crippen molar-refractivity contribution in [2.45, 2.75) is 57.0 Å². The van der Waals surface area contributed by atoms with Crippen molar-refractivity contribution in [3.8, 4) is 0 Å². The van der Waals surface area contributed by atoms with Gasteiger partial charge >= 0.3 is 6.09 Å². The summed E-state index contributed by atoms with van der Waals surface area (Å²) in [7, 11) is 0. The Morgan fingerprint density at radius 2 is 1.77 bits per heavy atom. The van der Waals surface area contributed by atoms with Gasteiger partial charge in [-0.15, -0.1) is 0 Å². The summed E-state index contributed by atoms with van der Waals surface area (Å²) < 4.78 is 0. The zero-order chi connectivity index (χ0) is 18.3. The lowest BCUT2D eigenvalue weighted by Crippen LogP contribution is -2.55. The molecule has 26 heavy (non-hydrogen) atoms. The molecule has 0 aromatic carbocycles. The molecule has 2 amide bonds. The first-order valence-electron chi connectivity index (χ1n) is 10.1. The number of likely N-dealkylation sites (tertiary alicyclic amines) is 3. The summed E-state index contributed by atoms with van der Waals surface area (Å²) in [5.41, 5.74) is 0.246. The molecule has 4 aliphatic rings. The maximum Gasteiger partial charge on any atom is 0.407 e. The van der Waals surface area contributed by atoms with Gasteiger partial charge in [-0.3, -0.25) is 4.79 Å². The predicted octanol–water partition coefficient (Wildman–Crippen LogP) is 1.21. The molecule has 4 rings (SSSR count). The molecule has 1 atom stereocenters. The molecule has 2 N–H and O–H groups in total. The number of carboxylic acid groups (broad SMARTS) is 1. The van der Waals surface area contributed by atoms with E-state index in [0.717, 1.165) is 71.1 Å². The Hall–Kier alpha value is -1.34. The van der Waals surface area contributed by atoms with Crippen molar-refractivity contribution >= 4 is 12.0 Å². The molecule has 7 nitrogen and oxygen atoms in total. The fourth-order valence-electron chi connectivity index (χ4n) is 5.98. The van der Waals surface area contributed by atoms with Gasteiger partial charge in [0.2, 0.25) is 5.91 Å². The van der Waals surface area contributed by atoms with Gasteiger partial charge in [0.15, 0.2) is 0 Å². The Labute approximate surface area is 154 Å². The first-order valence-corrected chi connectivity index (χ1v) is 10.1. The third-order valence-corrected chi connectivity index (χ3v) is 7.44. The molecular formula is C19H31N3O4. The molecule has 1 unspecified atom stereocenters.